The molecule has 0 bridgehead atoms. The number of carboxylic acids is 1. The zero-order valence-corrected chi connectivity index (χ0v) is 13.7. The van der Waals surface area contributed by atoms with Gasteiger partial charge >= 0.3 is 5.97 Å². The third kappa shape index (κ3) is 4.78. The average Bonchev–Trinajstić information content (AvgIpc) is 3.01. The van der Waals surface area contributed by atoms with Crippen LogP contribution in [0.5, 0.6) is 0 Å². The molecule has 0 saturated heterocycles. The van der Waals surface area contributed by atoms with E-state index in [0.717, 1.165) is 11.1 Å². The van der Waals surface area contributed by atoms with Crippen LogP contribution in [-0.2, 0) is 15.9 Å². The van der Waals surface area contributed by atoms with Crippen LogP contribution in [0.3, 0.4) is 0 Å². The summed E-state index contributed by atoms with van der Waals surface area (Å²) in [5, 5.41) is 12.7. The molecule has 2 rings (SSSR count). The minimum absolute atomic E-state index is 0.0407. The van der Waals surface area contributed by atoms with Crippen molar-refractivity contribution in [2.45, 2.75) is 25.4 Å². The molecule has 1 aromatic carbocycles. The highest BCUT2D eigenvalue weighted by molar-refractivity contribution is 7.35. The van der Waals surface area contributed by atoms with Gasteiger partial charge in [0.1, 0.15) is 0 Å². The topological polar surface area (TPSA) is 77.8 Å². The summed E-state index contributed by atoms with van der Waals surface area (Å²) in [4.78, 5) is 20.6. The lowest BCUT2D eigenvalue weighted by Crippen LogP contribution is -2.22. The highest BCUT2D eigenvalue weighted by Crippen LogP contribution is 2.38. The van der Waals surface area contributed by atoms with Gasteiger partial charge in [-0.1, -0.05) is 30.3 Å². The van der Waals surface area contributed by atoms with E-state index in [-0.39, 0.29) is 12.5 Å². The van der Waals surface area contributed by atoms with E-state index < -0.39 is 14.1 Å². The molecule has 0 saturated carbocycles. The molecule has 7 heteroatoms. The molecule has 2 unspecified atom stereocenters. The molecule has 2 N–H and O–H groups in total. The van der Waals surface area contributed by atoms with Crippen LogP contribution in [0.15, 0.2) is 47.2 Å². The maximum Gasteiger partial charge on any atom is 0.303 e. The van der Waals surface area contributed by atoms with E-state index in [2.05, 4.69) is 0 Å². The first-order valence-electron chi connectivity index (χ1n) is 6.85. The molecule has 0 radical (unpaired) electrons. The van der Waals surface area contributed by atoms with Gasteiger partial charge in [-0.25, -0.2) is 4.67 Å². The molecule has 2 atom stereocenters. The molecule has 0 aliphatic heterocycles. The van der Waals surface area contributed by atoms with Gasteiger partial charge in [0.25, 0.3) is 8.18 Å². The SMILES string of the molecule is O=C(O)CCC(c1ccsc1)N(Cc1ccccc1)[PH](=O)O. The fraction of sp³-hybridized carbons (Fsp3) is 0.267. The quantitative estimate of drug-likeness (QED) is 0.719. The van der Waals surface area contributed by atoms with Crippen molar-refractivity contribution in [1.82, 2.24) is 4.67 Å². The van der Waals surface area contributed by atoms with Gasteiger partial charge < -0.3 is 10.00 Å². The molecule has 2 aromatic rings. The number of nitrogens with zero attached hydrogens (tertiary/aromatic N) is 1. The Morgan fingerprint density at radius 3 is 2.55 bits per heavy atom. The maximum atomic E-state index is 11.9. The van der Waals surface area contributed by atoms with E-state index in [9.17, 15) is 14.3 Å². The fourth-order valence-electron chi connectivity index (χ4n) is 2.32. The van der Waals surface area contributed by atoms with Crippen LogP contribution in [0.2, 0.25) is 0 Å². The van der Waals surface area contributed by atoms with Crippen LogP contribution in [0.1, 0.15) is 30.0 Å². The monoisotopic (exact) mass is 339 g/mol. The van der Waals surface area contributed by atoms with E-state index in [4.69, 9.17) is 5.11 Å². The van der Waals surface area contributed by atoms with Gasteiger partial charge in [-0.05, 0) is 34.4 Å². The second-order valence-electron chi connectivity index (χ2n) is 4.90. The Balaban J connectivity index is 2.23. The molecular formula is C15H18NO4PS. The van der Waals surface area contributed by atoms with Crippen molar-refractivity contribution in [3.05, 3.63) is 58.3 Å². The molecule has 0 aliphatic carbocycles. The minimum Gasteiger partial charge on any atom is -0.481 e. The Hall–Kier alpha value is -1.46. The summed E-state index contributed by atoms with van der Waals surface area (Å²) in [5.41, 5.74) is 1.81. The average molecular weight is 339 g/mol. The Labute approximate surface area is 133 Å². The highest BCUT2D eigenvalue weighted by atomic mass is 32.1. The van der Waals surface area contributed by atoms with Crippen molar-refractivity contribution in [2.24, 2.45) is 0 Å². The fourth-order valence-corrected chi connectivity index (χ4v) is 3.89. The standard InChI is InChI=1S/C15H18NO4PS/c17-15(18)7-6-14(13-8-9-22-11-13)16(21(19)20)10-12-4-2-1-3-5-12/h1-5,8-9,11,14,21H,6-7,10H2,(H,17,18)(H,19,20). The largest absolute Gasteiger partial charge is 0.481 e. The number of hydrogen-bond donors (Lipinski definition) is 2. The van der Waals surface area contributed by atoms with Gasteiger partial charge in [-0.3, -0.25) is 9.36 Å². The van der Waals surface area contributed by atoms with Crippen molar-refractivity contribution in [3.8, 4) is 0 Å². The lowest BCUT2D eigenvalue weighted by Gasteiger charge is -2.28. The van der Waals surface area contributed by atoms with Crippen LogP contribution < -0.4 is 0 Å². The van der Waals surface area contributed by atoms with Gasteiger partial charge in [0.05, 0.1) is 0 Å². The van der Waals surface area contributed by atoms with E-state index in [1.807, 2.05) is 47.2 Å². The summed E-state index contributed by atoms with van der Waals surface area (Å²) in [6.45, 7) is 0.315. The molecule has 0 aliphatic rings. The number of carbonyl (C=O) groups is 1. The first kappa shape index (κ1) is 16.9. The maximum absolute atomic E-state index is 11.9. The zero-order chi connectivity index (χ0) is 15.9. The highest BCUT2D eigenvalue weighted by Gasteiger charge is 2.25. The molecule has 1 aromatic heterocycles. The summed E-state index contributed by atoms with van der Waals surface area (Å²) in [6, 6.07) is 10.9. The molecule has 0 amide bonds. The molecule has 118 valence electrons. The van der Waals surface area contributed by atoms with Crippen LogP contribution in [0.4, 0.5) is 0 Å². The predicted octanol–water partition coefficient (Wildman–Crippen LogP) is 3.54. The van der Waals surface area contributed by atoms with E-state index in [1.165, 1.54) is 16.0 Å². The third-order valence-electron chi connectivity index (χ3n) is 3.38. The molecule has 1 heterocycles. The number of hydrogen-bond acceptors (Lipinski definition) is 3. The Morgan fingerprint density at radius 1 is 1.27 bits per heavy atom. The second-order valence-corrected chi connectivity index (χ2v) is 6.82. The normalized spacial score (nSPS) is 13.9. The zero-order valence-electron chi connectivity index (χ0n) is 11.9. The van der Waals surface area contributed by atoms with Crippen LogP contribution >= 0.6 is 19.5 Å². The summed E-state index contributed by atoms with van der Waals surface area (Å²) < 4.78 is 13.3. The summed E-state index contributed by atoms with van der Waals surface area (Å²) in [7, 11) is -2.95. The van der Waals surface area contributed by atoms with Crippen LogP contribution in [0, 0.1) is 0 Å². The van der Waals surface area contributed by atoms with Crippen molar-refractivity contribution in [2.75, 3.05) is 0 Å². The predicted molar refractivity (Wildman–Crippen MR) is 87.1 cm³/mol. The molecular weight excluding hydrogens is 321 g/mol. The van der Waals surface area contributed by atoms with E-state index >= 15 is 0 Å². The number of rotatable bonds is 8. The first-order chi connectivity index (χ1) is 10.6. The van der Waals surface area contributed by atoms with Crippen LogP contribution in [0.25, 0.3) is 0 Å². The summed E-state index contributed by atoms with van der Waals surface area (Å²) >= 11 is 1.49. The van der Waals surface area contributed by atoms with Gasteiger partial charge in [-0.2, -0.15) is 11.3 Å². The van der Waals surface area contributed by atoms with Gasteiger partial charge in [0, 0.05) is 19.0 Å². The Morgan fingerprint density at radius 2 is 2.00 bits per heavy atom. The van der Waals surface area contributed by atoms with Crippen molar-refractivity contribution in [1.29, 1.82) is 0 Å². The van der Waals surface area contributed by atoms with Gasteiger partial charge in [-0.15, -0.1) is 0 Å². The summed E-state index contributed by atoms with van der Waals surface area (Å²) in [6.07, 6.45) is 0.261. The Bertz CT molecular complexity index is 618. The molecule has 22 heavy (non-hydrogen) atoms. The van der Waals surface area contributed by atoms with Crippen LogP contribution in [-0.4, -0.2) is 20.6 Å². The molecule has 0 spiro atoms. The van der Waals surface area contributed by atoms with E-state index in [1.54, 1.807) is 0 Å². The number of benzene rings is 1. The minimum atomic E-state index is -2.95. The lowest BCUT2D eigenvalue weighted by atomic mass is 10.0. The van der Waals surface area contributed by atoms with Crippen molar-refractivity contribution < 1.29 is 19.4 Å². The summed E-state index contributed by atoms with van der Waals surface area (Å²) in [5.74, 6) is -0.905. The number of carboxylic acid groups (broad SMARTS) is 1. The van der Waals surface area contributed by atoms with Crippen molar-refractivity contribution in [3.63, 3.8) is 0 Å². The van der Waals surface area contributed by atoms with Crippen molar-refractivity contribution >= 4 is 25.5 Å². The van der Waals surface area contributed by atoms with Gasteiger partial charge in [0.2, 0.25) is 0 Å². The lowest BCUT2D eigenvalue weighted by molar-refractivity contribution is -0.137. The second kappa shape index (κ2) is 8.25. The van der Waals surface area contributed by atoms with Gasteiger partial charge in [0.15, 0.2) is 0 Å². The third-order valence-corrected chi connectivity index (χ3v) is 5.04. The number of thiophene rings is 1. The van der Waals surface area contributed by atoms with E-state index in [0.29, 0.717) is 13.0 Å². The molecule has 5 nitrogen and oxygen atoms in total. The smallest absolute Gasteiger partial charge is 0.303 e. The first-order valence-corrected chi connectivity index (χ1v) is 9.10. The number of aliphatic carboxylic acids is 1. The Kier molecular flexibility index (Phi) is 6.34. The molecule has 0 fully saturated rings.